The minimum atomic E-state index is -0.745. The number of hydrogen-bond donors (Lipinski definition) is 2. The Bertz CT molecular complexity index is 462. The van der Waals surface area contributed by atoms with E-state index in [-0.39, 0.29) is 6.42 Å². The highest BCUT2D eigenvalue weighted by atomic mass is 16.4. The summed E-state index contributed by atoms with van der Waals surface area (Å²) in [5, 5.41) is 17.1. The molecule has 0 fully saturated rings. The molecule has 3 rings (SSSR count). The third-order valence-corrected chi connectivity index (χ3v) is 2.93. The van der Waals surface area contributed by atoms with Gasteiger partial charge in [-0.05, 0) is 29.2 Å². The van der Waals surface area contributed by atoms with E-state index in [0.717, 1.165) is 18.4 Å². The molecule has 0 saturated heterocycles. The molecule has 3 aliphatic rings. The van der Waals surface area contributed by atoms with Gasteiger partial charge >= 0.3 is 5.97 Å². The Labute approximate surface area is 94.1 Å². The average Bonchev–Trinajstić information content (AvgIpc) is 2.88. The molecule has 0 aromatic carbocycles. The SMILES string of the molecule is CCC(=O)O.OC1=C2CC(=C1)C1=C2C=CC1. The fraction of sp³-hybridized carbons (Fsp3) is 0.308. The molecule has 84 valence electrons. The lowest BCUT2D eigenvalue weighted by molar-refractivity contribution is -0.136. The molecule has 0 radical (unpaired) electrons. The summed E-state index contributed by atoms with van der Waals surface area (Å²) in [7, 11) is 0. The molecule has 2 N–H and O–H groups in total. The zero-order valence-electron chi connectivity index (χ0n) is 9.16. The van der Waals surface area contributed by atoms with Crippen molar-refractivity contribution in [3.8, 4) is 0 Å². The first kappa shape index (κ1) is 10.7. The number of fused-ring (bicyclic) bond motifs is 4. The number of allylic oxidation sites excluding steroid dienone is 7. The van der Waals surface area contributed by atoms with Crippen LogP contribution in [0.3, 0.4) is 0 Å². The number of aliphatic carboxylic acids is 1. The van der Waals surface area contributed by atoms with Gasteiger partial charge in [0.05, 0.1) is 0 Å². The van der Waals surface area contributed by atoms with Gasteiger partial charge in [-0.3, -0.25) is 4.79 Å². The van der Waals surface area contributed by atoms with E-state index < -0.39 is 5.97 Å². The van der Waals surface area contributed by atoms with Crippen LogP contribution in [0, 0.1) is 0 Å². The van der Waals surface area contributed by atoms with Gasteiger partial charge in [-0.1, -0.05) is 19.1 Å². The number of carboxylic acid groups (broad SMARTS) is 1. The summed E-state index contributed by atoms with van der Waals surface area (Å²) in [6.07, 6.45) is 8.46. The van der Waals surface area contributed by atoms with Crippen molar-refractivity contribution in [1.29, 1.82) is 0 Å². The fourth-order valence-electron chi connectivity index (χ4n) is 2.10. The second-order valence-electron chi connectivity index (χ2n) is 3.96. The molecule has 3 aliphatic carbocycles. The summed E-state index contributed by atoms with van der Waals surface area (Å²) in [4.78, 5) is 9.37. The second kappa shape index (κ2) is 4.00. The lowest BCUT2D eigenvalue weighted by Gasteiger charge is -2.01. The summed E-state index contributed by atoms with van der Waals surface area (Å²) >= 11 is 0. The van der Waals surface area contributed by atoms with Crippen LogP contribution >= 0.6 is 0 Å². The monoisotopic (exact) mass is 218 g/mol. The standard InChI is InChI=1S/C10H8O.C3H6O2/c11-10-5-6-4-9(10)8-3-1-2-7(6)8;1-2-3(4)5/h1,3,5,11H,2,4H2;2H2,1H3,(H,4,5). The first-order valence-corrected chi connectivity index (χ1v) is 5.38. The highest BCUT2D eigenvalue weighted by molar-refractivity contribution is 5.69. The Balaban J connectivity index is 0.000000168. The first-order valence-electron chi connectivity index (χ1n) is 5.38. The Morgan fingerprint density at radius 3 is 2.75 bits per heavy atom. The maximum atomic E-state index is 9.40. The number of carbonyl (C=O) groups is 1. The van der Waals surface area contributed by atoms with Crippen molar-refractivity contribution in [3.05, 3.63) is 46.3 Å². The van der Waals surface area contributed by atoms with Crippen molar-refractivity contribution in [2.75, 3.05) is 0 Å². The van der Waals surface area contributed by atoms with Crippen LogP contribution in [0.1, 0.15) is 26.2 Å². The minimum Gasteiger partial charge on any atom is -0.508 e. The zero-order chi connectivity index (χ0) is 11.7. The second-order valence-corrected chi connectivity index (χ2v) is 3.96. The largest absolute Gasteiger partial charge is 0.508 e. The van der Waals surface area contributed by atoms with E-state index in [9.17, 15) is 9.90 Å². The Morgan fingerprint density at radius 2 is 2.12 bits per heavy atom. The topological polar surface area (TPSA) is 57.5 Å². The average molecular weight is 218 g/mol. The predicted octanol–water partition coefficient (Wildman–Crippen LogP) is 2.88. The van der Waals surface area contributed by atoms with E-state index in [4.69, 9.17) is 5.11 Å². The maximum Gasteiger partial charge on any atom is 0.303 e. The summed E-state index contributed by atoms with van der Waals surface area (Å²) in [5.41, 5.74) is 5.21. The van der Waals surface area contributed by atoms with Crippen molar-refractivity contribution in [2.45, 2.75) is 26.2 Å². The normalized spacial score (nSPS) is 19.7. The molecule has 0 saturated carbocycles. The molecule has 0 aromatic rings. The summed E-state index contributed by atoms with van der Waals surface area (Å²) in [6.45, 7) is 1.60. The highest BCUT2D eigenvalue weighted by Gasteiger charge is 2.31. The molecular weight excluding hydrogens is 204 g/mol. The van der Waals surface area contributed by atoms with Crippen molar-refractivity contribution in [3.63, 3.8) is 0 Å². The van der Waals surface area contributed by atoms with E-state index in [2.05, 4.69) is 12.2 Å². The molecule has 3 nitrogen and oxygen atoms in total. The van der Waals surface area contributed by atoms with Crippen LogP contribution in [-0.2, 0) is 4.79 Å². The first-order chi connectivity index (χ1) is 7.63. The third-order valence-electron chi connectivity index (χ3n) is 2.93. The predicted molar refractivity (Wildman–Crippen MR) is 61.1 cm³/mol. The lowest BCUT2D eigenvalue weighted by Crippen LogP contribution is -1.86. The van der Waals surface area contributed by atoms with Crippen LogP contribution in [0.4, 0.5) is 0 Å². The van der Waals surface area contributed by atoms with Crippen LogP contribution in [-0.4, -0.2) is 16.2 Å². The van der Waals surface area contributed by atoms with Crippen LogP contribution in [0.5, 0.6) is 0 Å². The number of carboxylic acids is 1. The third kappa shape index (κ3) is 1.69. The van der Waals surface area contributed by atoms with E-state index in [0.29, 0.717) is 5.76 Å². The van der Waals surface area contributed by atoms with Crippen molar-refractivity contribution in [2.24, 2.45) is 0 Å². The molecule has 0 aliphatic heterocycles. The number of aliphatic hydroxyl groups is 1. The molecule has 0 unspecified atom stereocenters. The van der Waals surface area contributed by atoms with E-state index in [1.54, 1.807) is 6.92 Å². The summed E-state index contributed by atoms with van der Waals surface area (Å²) in [5.74, 6) is -0.254. The molecule has 0 heterocycles. The van der Waals surface area contributed by atoms with Gasteiger partial charge in [-0.25, -0.2) is 0 Å². The Kier molecular flexibility index (Phi) is 2.69. The maximum absolute atomic E-state index is 9.40. The van der Waals surface area contributed by atoms with E-state index >= 15 is 0 Å². The van der Waals surface area contributed by atoms with Gasteiger partial charge in [0.2, 0.25) is 0 Å². The molecule has 0 spiro atoms. The smallest absolute Gasteiger partial charge is 0.303 e. The number of rotatable bonds is 1. The lowest BCUT2D eigenvalue weighted by atomic mass is 10.1. The number of hydrogen-bond acceptors (Lipinski definition) is 2. The minimum absolute atomic E-state index is 0.222. The zero-order valence-corrected chi connectivity index (χ0v) is 9.16. The van der Waals surface area contributed by atoms with Crippen LogP contribution in [0.2, 0.25) is 0 Å². The van der Waals surface area contributed by atoms with E-state index in [1.165, 1.54) is 16.7 Å². The van der Waals surface area contributed by atoms with Gasteiger partial charge in [-0.2, -0.15) is 0 Å². The summed E-state index contributed by atoms with van der Waals surface area (Å²) in [6, 6.07) is 0. The molecule has 0 atom stereocenters. The van der Waals surface area contributed by atoms with Gasteiger partial charge < -0.3 is 10.2 Å². The van der Waals surface area contributed by atoms with Crippen LogP contribution in [0.15, 0.2) is 46.3 Å². The van der Waals surface area contributed by atoms with E-state index in [1.807, 2.05) is 6.08 Å². The molecule has 3 heteroatoms. The molecule has 16 heavy (non-hydrogen) atoms. The van der Waals surface area contributed by atoms with Crippen LogP contribution < -0.4 is 0 Å². The fourth-order valence-corrected chi connectivity index (χ4v) is 2.10. The van der Waals surface area contributed by atoms with Crippen molar-refractivity contribution >= 4 is 5.97 Å². The van der Waals surface area contributed by atoms with Gasteiger partial charge in [0, 0.05) is 18.4 Å². The van der Waals surface area contributed by atoms with Crippen molar-refractivity contribution < 1.29 is 15.0 Å². The Morgan fingerprint density at radius 1 is 1.44 bits per heavy atom. The van der Waals surface area contributed by atoms with Crippen LogP contribution in [0.25, 0.3) is 0 Å². The Hall–Kier alpha value is -1.77. The molecule has 2 bridgehead atoms. The molecular formula is C13H14O3. The highest BCUT2D eigenvalue weighted by Crippen LogP contribution is 2.47. The van der Waals surface area contributed by atoms with Gasteiger partial charge in [-0.15, -0.1) is 0 Å². The quantitative estimate of drug-likeness (QED) is 0.711. The molecule has 0 aromatic heterocycles. The molecule has 0 amide bonds. The van der Waals surface area contributed by atoms with Crippen molar-refractivity contribution in [1.82, 2.24) is 0 Å². The van der Waals surface area contributed by atoms with Gasteiger partial charge in [0.1, 0.15) is 5.76 Å². The summed E-state index contributed by atoms with van der Waals surface area (Å²) < 4.78 is 0. The number of aliphatic hydroxyl groups excluding tert-OH is 1. The van der Waals surface area contributed by atoms with Gasteiger partial charge in [0.15, 0.2) is 0 Å². The van der Waals surface area contributed by atoms with Gasteiger partial charge in [0.25, 0.3) is 0 Å².